The largest absolute Gasteiger partial charge is 0.545 e. The van der Waals surface area contributed by atoms with E-state index in [0.29, 0.717) is 70.1 Å². The maximum Gasteiger partial charge on any atom is 0.328 e. The van der Waals surface area contributed by atoms with E-state index in [1.165, 1.54) is 19.4 Å². The number of anilines is 2. The number of nitrogens with zero attached hydrogens (tertiary/aromatic N) is 2. The fraction of sp³-hybridized carbons (Fsp3) is 0.0857. The number of nitrogens with two attached hydrogens (primary N) is 1. The number of pyridine rings is 1. The average Bonchev–Trinajstić information content (AvgIpc) is 3.13. The molecule has 0 atom stereocenters. The van der Waals surface area contributed by atoms with Crippen LogP contribution in [-0.4, -0.2) is 115 Å². The lowest BCUT2D eigenvalue weighted by Gasteiger charge is -2.13. The van der Waals surface area contributed by atoms with E-state index in [1.54, 1.807) is 53.1 Å². The summed E-state index contributed by atoms with van der Waals surface area (Å²) in [6, 6.07) is 14.9. The molecule has 11 N–H and O–H groups in total. The number of amidine groups is 1. The quantitative estimate of drug-likeness (QED) is 0.0524. The molecule has 0 aliphatic heterocycles. The Morgan fingerprint density at radius 1 is 0.702 bits per heavy atom. The normalized spacial score (nSPS) is 9.75. The molecule has 2 amide bonds. The number of nitrogens with one attached hydrogen (secondary N) is 2. The van der Waals surface area contributed by atoms with Crippen molar-refractivity contribution in [2.75, 3.05) is 31.8 Å². The van der Waals surface area contributed by atoms with E-state index in [-0.39, 0.29) is 16.9 Å². The third kappa shape index (κ3) is 23.4. The van der Waals surface area contributed by atoms with E-state index in [9.17, 15) is 43.5 Å². The Balaban J connectivity index is 0. The van der Waals surface area contributed by atoms with Crippen molar-refractivity contribution < 1.29 is 83.8 Å². The number of ether oxygens (including phenoxy) is 1. The van der Waals surface area contributed by atoms with E-state index in [1.807, 2.05) is 14.1 Å². The van der Waals surface area contributed by atoms with Crippen molar-refractivity contribution in [1.29, 1.82) is 0 Å². The Morgan fingerprint density at radius 3 is 1.53 bits per heavy atom. The van der Waals surface area contributed by atoms with Crippen molar-refractivity contribution in [3.8, 4) is 5.75 Å². The highest BCUT2D eigenvalue weighted by molar-refractivity contribution is 6.30. The number of hydrogen-bond donors (Lipinski definition) is 8. The molecule has 0 unspecified atom stereocenters. The van der Waals surface area contributed by atoms with Gasteiger partial charge in [0, 0.05) is 42.1 Å². The number of carboxylic acids is 6. The summed E-state index contributed by atoms with van der Waals surface area (Å²) < 4.78 is 7.01. The molecule has 0 aliphatic carbocycles. The number of carbonyl (C=O) groups is 8. The first-order valence-corrected chi connectivity index (χ1v) is 15.3. The number of carbonyl (C=O) groups excluding carboxylic acids is 3. The van der Waals surface area contributed by atoms with Crippen molar-refractivity contribution in [3.63, 3.8) is 0 Å². The minimum absolute atomic E-state index is 0. The first kappa shape index (κ1) is 51.2. The Hall–Kier alpha value is -7.91. The second-order valence-corrected chi connectivity index (χ2v) is 10.5. The van der Waals surface area contributed by atoms with Gasteiger partial charge in [0.2, 0.25) is 0 Å². The summed E-state index contributed by atoms with van der Waals surface area (Å²) >= 11 is 5.84. The van der Waals surface area contributed by atoms with Crippen LogP contribution in [0.2, 0.25) is 5.02 Å². The van der Waals surface area contributed by atoms with Crippen molar-refractivity contribution in [2.45, 2.75) is 0 Å². The van der Waals surface area contributed by atoms with E-state index in [4.69, 9.17) is 47.6 Å². The molecule has 0 saturated heterocycles. The summed E-state index contributed by atoms with van der Waals surface area (Å²) in [6.45, 7) is 0. The van der Waals surface area contributed by atoms with Crippen molar-refractivity contribution in [2.24, 2.45) is 5.73 Å². The van der Waals surface area contributed by atoms with Gasteiger partial charge in [-0.25, -0.2) is 29.0 Å². The van der Waals surface area contributed by atoms with Crippen LogP contribution in [0.25, 0.3) is 0 Å². The second-order valence-electron chi connectivity index (χ2n) is 10.0. The number of hydrogen-bond acceptors (Lipinski definition) is 11. The van der Waals surface area contributed by atoms with E-state index in [0.717, 1.165) is 5.56 Å². The minimum atomic E-state index is -1.51. The summed E-state index contributed by atoms with van der Waals surface area (Å²) in [6.07, 6.45) is 4.60. The molecule has 0 fully saturated rings. The number of benzene rings is 2. The number of aliphatic carboxylic acids is 6. The summed E-state index contributed by atoms with van der Waals surface area (Å²) in [5.41, 5.74) is 7.77. The predicted molar refractivity (Wildman–Crippen MR) is 199 cm³/mol. The summed E-state index contributed by atoms with van der Waals surface area (Å²) in [4.78, 5) is 86.9. The summed E-state index contributed by atoms with van der Waals surface area (Å²) in [7, 11) is 5.17. The van der Waals surface area contributed by atoms with E-state index in [2.05, 4.69) is 15.6 Å². The van der Waals surface area contributed by atoms with Crippen LogP contribution < -0.4 is 26.2 Å². The van der Waals surface area contributed by atoms with Gasteiger partial charge in [-0.1, -0.05) is 11.6 Å². The Morgan fingerprint density at radius 2 is 1.16 bits per heavy atom. The Kier molecular flexibility index (Phi) is 24.1. The van der Waals surface area contributed by atoms with Crippen LogP contribution in [0.3, 0.4) is 0 Å². The molecular weight excluding hydrogens is 782 g/mol. The van der Waals surface area contributed by atoms with Crippen LogP contribution in [0.15, 0.2) is 97.3 Å². The lowest BCUT2D eigenvalue weighted by Crippen LogP contribution is -2.24. The van der Waals surface area contributed by atoms with Gasteiger partial charge in [0.1, 0.15) is 11.6 Å². The number of methoxy groups -OCH3 is 1. The molecule has 57 heavy (non-hydrogen) atoms. The lowest BCUT2D eigenvalue weighted by molar-refractivity contribution is -0.464. The maximum absolute atomic E-state index is 12.9. The fourth-order valence-corrected chi connectivity index (χ4v) is 3.36. The second kappa shape index (κ2) is 26.8. The molecule has 0 aliphatic rings. The highest BCUT2D eigenvalue weighted by atomic mass is 35.5. The number of aromatic nitrogens is 1. The van der Waals surface area contributed by atoms with Gasteiger partial charge in [-0.05, 0) is 60.7 Å². The topological polar surface area (TPSA) is 367 Å². The van der Waals surface area contributed by atoms with Crippen LogP contribution in [0.5, 0.6) is 5.75 Å². The fourth-order valence-electron chi connectivity index (χ4n) is 3.25. The van der Waals surface area contributed by atoms with Crippen LogP contribution >= 0.6 is 11.6 Å². The lowest BCUT2D eigenvalue weighted by atomic mass is 10.1. The van der Waals surface area contributed by atoms with Crippen LogP contribution in [0.1, 0.15) is 26.3 Å². The smallest absolute Gasteiger partial charge is 0.328 e. The standard InChI is InChI=1S/C23H22ClN5O3.3C4H4O4.H2O/c1-29(2)21(25)14-4-6-15(7-5-14)22(30)27-19-10-9-17(32-3)12-18(19)23(31)28-20-11-8-16(24)13-26-20;3*5-3(6)1-2-4(7)8;/h4-13,25H,1-3H3,(H2,26,27,28,30,31);3*1-2H,(H,5,6)(H,7,8);1H2/b;3*2-1-;. The van der Waals surface area contributed by atoms with E-state index < -0.39 is 41.7 Å². The Labute approximate surface area is 327 Å². The van der Waals surface area contributed by atoms with Gasteiger partial charge >= 0.3 is 29.8 Å². The van der Waals surface area contributed by atoms with Crippen LogP contribution in [0, 0.1) is 0 Å². The number of rotatable bonds is 12. The van der Waals surface area contributed by atoms with Gasteiger partial charge in [0.15, 0.2) is 0 Å². The molecule has 3 aromatic rings. The highest BCUT2D eigenvalue weighted by Crippen LogP contribution is 2.24. The minimum Gasteiger partial charge on any atom is -0.545 e. The molecule has 3 rings (SSSR count). The van der Waals surface area contributed by atoms with Gasteiger partial charge in [-0.3, -0.25) is 19.9 Å². The molecule has 21 nitrogen and oxygen atoms in total. The number of carboxylic acid groups (broad SMARTS) is 6. The number of amides is 2. The van der Waals surface area contributed by atoms with Gasteiger partial charge in [0.25, 0.3) is 17.6 Å². The predicted octanol–water partition coefficient (Wildman–Crippen LogP) is 0.202. The van der Waals surface area contributed by atoms with Crippen LogP contribution in [0.4, 0.5) is 11.5 Å². The summed E-state index contributed by atoms with van der Waals surface area (Å²) in [5.74, 6) is -7.29. The van der Waals surface area contributed by atoms with Crippen molar-refractivity contribution >= 4 is 76.6 Å². The Bertz CT molecular complexity index is 1890. The molecule has 0 saturated carbocycles. The van der Waals surface area contributed by atoms with Gasteiger partial charge in [-0.2, -0.15) is 0 Å². The van der Waals surface area contributed by atoms with Gasteiger partial charge in [0.05, 0.1) is 49.0 Å². The van der Waals surface area contributed by atoms with Gasteiger partial charge in [-0.15, -0.1) is 0 Å². The monoisotopic (exact) mass is 817 g/mol. The molecule has 0 radical (unpaired) electrons. The first-order chi connectivity index (χ1) is 26.2. The SMILES string of the molecule is COc1ccc(NC(=O)c2ccc(C(N)=[N+](C)C)cc2)c(C(=O)Nc2ccc(Cl)cn2)c1.O.O=C(O)/C=C\C(=O)O.O=C(O)/C=C\C(=O)O.O=C([O-])/C=C\C(=O)O. The average molecular weight is 818 g/mol. The van der Waals surface area contributed by atoms with Crippen molar-refractivity contribution in [1.82, 2.24) is 4.98 Å². The van der Waals surface area contributed by atoms with Crippen LogP contribution in [-0.2, 0) is 28.8 Å². The summed E-state index contributed by atoms with van der Waals surface area (Å²) in [5, 5.41) is 54.4. The zero-order chi connectivity index (χ0) is 43.0. The third-order valence-corrected chi connectivity index (χ3v) is 5.94. The van der Waals surface area contributed by atoms with Crippen molar-refractivity contribution in [3.05, 3.63) is 119 Å². The van der Waals surface area contributed by atoms with E-state index >= 15 is 0 Å². The molecule has 2 aromatic carbocycles. The molecule has 22 heteroatoms. The molecular formula is C35H36ClN5O16. The molecule has 0 spiro atoms. The van der Waals surface area contributed by atoms with Gasteiger partial charge < -0.3 is 56.3 Å². The maximum atomic E-state index is 12.9. The number of halogens is 1. The zero-order valence-corrected chi connectivity index (χ0v) is 30.7. The highest BCUT2D eigenvalue weighted by Gasteiger charge is 2.17. The molecule has 0 bridgehead atoms. The molecule has 1 heterocycles. The molecule has 304 valence electrons. The first-order valence-electron chi connectivity index (χ1n) is 14.9. The zero-order valence-electron chi connectivity index (χ0n) is 29.9. The molecule has 1 aromatic heterocycles. The third-order valence-electron chi connectivity index (χ3n) is 5.71.